The van der Waals surface area contributed by atoms with Gasteiger partial charge in [-0.15, -0.1) is 0 Å². The molecule has 0 atom stereocenters. The molecule has 94 valence electrons. The van der Waals surface area contributed by atoms with Gasteiger partial charge >= 0.3 is 0 Å². The molecule has 1 aromatic carbocycles. The van der Waals surface area contributed by atoms with Gasteiger partial charge in [-0.3, -0.25) is 4.98 Å². The van der Waals surface area contributed by atoms with E-state index < -0.39 is 0 Å². The van der Waals surface area contributed by atoms with Gasteiger partial charge in [-0.05, 0) is 13.0 Å². The summed E-state index contributed by atoms with van der Waals surface area (Å²) in [5, 5.41) is 0. The minimum atomic E-state index is 0.746. The summed E-state index contributed by atoms with van der Waals surface area (Å²) in [6, 6.07) is 11.9. The maximum Gasteiger partial charge on any atom is 0.113 e. The first-order chi connectivity index (χ1) is 8.75. The summed E-state index contributed by atoms with van der Waals surface area (Å²) in [5.41, 5.74) is 4.01. The highest BCUT2D eigenvalue weighted by atomic mass is 14.7. The molecule has 0 amide bonds. The normalized spacial score (nSPS) is 8.50. The monoisotopic (exact) mass is 239 g/mol. The lowest BCUT2D eigenvalue weighted by atomic mass is 9.95. The number of benzene rings is 1. The van der Waals surface area contributed by atoms with Gasteiger partial charge in [-0.25, -0.2) is 0 Å². The van der Waals surface area contributed by atoms with Gasteiger partial charge in [0, 0.05) is 11.8 Å². The van der Waals surface area contributed by atoms with Crippen LogP contribution in [0.15, 0.2) is 42.6 Å². The highest BCUT2D eigenvalue weighted by Crippen LogP contribution is 2.15. The van der Waals surface area contributed by atoms with Crippen LogP contribution >= 0.6 is 0 Å². The van der Waals surface area contributed by atoms with Crippen molar-refractivity contribution in [3.8, 4) is 11.3 Å². The number of rotatable bonds is 1. The van der Waals surface area contributed by atoms with Crippen molar-refractivity contribution < 1.29 is 0 Å². The summed E-state index contributed by atoms with van der Waals surface area (Å²) in [5.74, 6) is 0. The van der Waals surface area contributed by atoms with Crippen LogP contribution in [0.2, 0.25) is 0 Å². The van der Waals surface area contributed by atoms with E-state index in [-0.39, 0.29) is 0 Å². The van der Waals surface area contributed by atoms with Crippen LogP contribution in [0.5, 0.6) is 0 Å². The zero-order valence-corrected chi connectivity index (χ0v) is 12.1. The van der Waals surface area contributed by atoms with Gasteiger partial charge in [0.15, 0.2) is 0 Å². The van der Waals surface area contributed by atoms with Crippen molar-refractivity contribution in [3.05, 3.63) is 48.2 Å². The predicted octanol–water partition coefficient (Wildman–Crippen LogP) is 3.90. The van der Waals surface area contributed by atoms with Crippen LogP contribution in [0.4, 0.5) is 0 Å². The molecule has 0 aliphatic rings. The molecule has 0 aliphatic carbocycles. The van der Waals surface area contributed by atoms with Crippen LogP contribution in [-0.4, -0.2) is 12.8 Å². The molecule has 0 unspecified atom stereocenters. The van der Waals surface area contributed by atoms with E-state index in [2.05, 4.69) is 36.2 Å². The fraction of sp³-hybridized carbons (Fsp3) is 0.312. The molecule has 0 fully saturated rings. The Kier molecular flexibility index (Phi) is 8.64. The third kappa shape index (κ3) is 5.18. The molecule has 0 saturated heterocycles. The van der Waals surface area contributed by atoms with Gasteiger partial charge in [0.1, 0.15) is 7.85 Å². The number of hydrogen-bond donors (Lipinski definition) is 0. The number of nitrogens with zero attached hydrogens (tertiary/aromatic N) is 1. The lowest BCUT2D eigenvalue weighted by molar-refractivity contribution is 1.33. The fourth-order valence-electron chi connectivity index (χ4n) is 1.33. The van der Waals surface area contributed by atoms with Crippen LogP contribution in [0.25, 0.3) is 11.3 Å². The first-order valence-electron chi connectivity index (χ1n) is 6.54. The predicted molar refractivity (Wildman–Crippen MR) is 82.5 cm³/mol. The second-order valence-corrected chi connectivity index (χ2v) is 3.34. The van der Waals surface area contributed by atoms with E-state index in [4.69, 9.17) is 7.85 Å². The maximum absolute atomic E-state index is 5.69. The summed E-state index contributed by atoms with van der Waals surface area (Å²) in [6.45, 7) is 10.1. The van der Waals surface area contributed by atoms with Gasteiger partial charge < -0.3 is 0 Å². The summed E-state index contributed by atoms with van der Waals surface area (Å²) in [4.78, 5) is 4.26. The first-order valence-corrected chi connectivity index (χ1v) is 6.54. The molecule has 1 nitrogen and oxygen atoms in total. The van der Waals surface area contributed by atoms with Crippen molar-refractivity contribution in [2.75, 3.05) is 0 Å². The van der Waals surface area contributed by atoms with E-state index >= 15 is 0 Å². The van der Waals surface area contributed by atoms with E-state index in [0.717, 1.165) is 16.7 Å². The van der Waals surface area contributed by atoms with Gasteiger partial charge in [-0.2, -0.15) is 0 Å². The average Bonchev–Trinajstić information content (AvgIpc) is 2.44. The van der Waals surface area contributed by atoms with E-state index in [1.165, 1.54) is 5.56 Å². The van der Waals surface area contributed by atoms with Crippen LogP contribution in [-0.2, 0) is 0 Å². The van der Waals surface area contributed by atoms with Crippen molar-refractivity contribution in [1.29, 1.82) is 0 Å². The Balaban J connectivity index is 0.000000659. The molecule has 2 aromatic rings. The van der Waals surface area contributed by atoms with Crippen molar-refractivity contribution in [2.24, 2.45) is 0 Å². The molecule has 0 aliphatic heterocycles. The molecular weight excluding hydrogens is 217 g/mol. The molecule has 0 N–H and O–H groups in total. The molecule has 1 heterocycles. The van der Waals surface area contributed by atoms with Crippen molar-refractivity contribution >= 4 is 13.3 Å². The SMILES string of the molecule is CC.CC.[B]c1ccnc(-c2ccc(C)cc2)c1. The highest BCUT2D eigenvalue weighted by Gasteiger charge is 1.97. The van der Waals surface area contributed by atoms with Gasteiger partial charge in [-0.1, -0.05) is 69.1 Å². The average molecular weight is 239 g/mol. The molecule has 0 saturated carbocycles. The molecule has 2 radical (unpaired) electrons. The maximum atomic E-state index is 5.69. The number of hydrogen-bond acceptors (Lipinski definition) is 1. The van der Waals surface area contributed by atoms with E-state index in [1.807, 2.05) is 33.8 Å². The third-order valence-corrected chi connectivity index (χ3v) is 2.13. The number of pyridine rings is 1. The minimum absolute atomic E-state index is 0.746. The second kappa shape index (κ2) is 9.46. The number of aryl methyl sites for hydroxylation is 1. The highest BCUT2D eigenvalue weighted by molar-refractivity contribution is 6.32. The van der Waals surface area contributed by atoms with Crippen LogP contribution in [0, 0.1) is 6.92 Å². The Morgan fingerprint density at radius 2 is 1.44 bits per heavy atom. The first kappa shape index (κ1) is 16.4. The lowest BCUT2D eigenvalue weighted by Crippen LogP contribution is -2.02. The molecule has 2 rings (SSSR count). The standard InChI is InChI=1S/C12H10BN.2C2H6/c1-9-2-4-10(5-3-9)12-8-11(13)6-7-14-12;2*1-2/h2-8H,1H3;2*1-2H3. The van der Waals surface area contributed by atoms with Crippen molar-refractivity contribution in [1.82, 2.24) is 4.98 Å². The summed E-state index contributed by atoms with van der Waals surface area (Å²) < 4.78 is 0. The molecule has 2 heteroatoms. The van der Waals surface area contributed by atoms with Crippen LogP contribution in [0.1, 0.15) is 33.3 Å². The quantitative estimate of drug-likeness (QED) is 0.687. The van der Waals surface area contributed by atoms with Crippen molar-refractivity contribution in [3.63, 3.8) is 0 Å². The zero-order valence-electron chi connectivity index (χ0n) is 12.1. The van der Waals surface area contributed by atoms with Gasteiger partial charge in [0.2, 0.25) is 0 Å². The van der Waals surface area contributed by atoms with E-state index in [9.17, 15) is 0 Å². The van der Waals surface area contributed by atoms with Gasteiger partial charge in [0.05, 0.1) is 5.69 Å². The topological polar surface area (TPSA) is 12.9 Å². The minimum Gasteiger partial charge on any atom is -0.256 e. The fourth-order valence-corrected chi connectivity index (χ4v) is 1.33. The van der Waals surface area contributed by atoms with E-state index in [1.54, 1.807) is 12.3 Å². The van der Waals surface area contributed by atoms with Crippen molar-refractivity contribution in [2.45, 2.75) is 34.6 Å². The molecule has 0 bridgehead atoms. The summed E-state index contributed by atoms with van der Waals surface area (Å²) in [7, 11) is 5.69. The Hall–Kier alpha value is -1.57. The third-order valence-electron chi connectivity index (χ3n) is 2.13. The molecule has 18 heavy (non-hydrogen) atoms. The zero-order chi connectivity index (χ0) is 14.0. The molecular formula is C16H22BN. The number of aromatic nitrogens is 1. The smallest absolute Gasteiger partial charge is 0.113 e. The molecule has 0 spiro atoms. The largest absolute Gasteiger partial charge is 0.256 e. The Morgan fingerprint density at radius 1 is 0.889 bits per heavy atom. The summed E-state index contributed by atoms with van der Waals surface area (Å²) in [6.07, 6.45) is 1.73. The summed E-state index contributed by atoms with van der Waals surface area (Å²) >= 11 is 0. The Morgan fingerprint density at radius 3 is 1.94 bits per heavy atom. The van der Waals surface area contributed by atoms with Crippen LogP contribution in [0.3, 0.4) is 0 Å². The van der Waals surface area contributed by atoms with Crippen LogP contribution < -0.4 is 5.46 Å². The lowest BCUT2D eigenvalue weighted by Gasteiger charge is -2.02. The van der Waals surface area contributed by atoms with Gasteiger partial charge in [0.25, 0.3) is 0 Å². The Labute approximate surface area is 113 Å². The van der Waals surface area contributed by atoms with E-state index in [0.29, 0.717) is 0 Å². The molecule has 1 aromatic heterocycles. The second-order valence-electron chi connectivity index (χ2n) is 3.34. The Bertz CT molecular complexity index is 435.